The molecule has 1 N–H and O–H groups in total. The molecule has 0 aromatic heterocycles. The number of esters is 1. The van der Waals surface area contributed by atoms with Crippen LogP contribution in [0.3, 0.4) is 0 Å². The van der Waals surface area contributed by atoms with Crippen LogP contribution in [-0.4, -0.2) is 17.2 Å². The third-order valence-electron chi connectivity index (χ3n) is 4.50. The Hall–Kier alpha value is -2.13. The molecule has 1 aliphatic rings. The molecule has 2 aromatic carbocycles. The summed E-state index contributed by atoms with van der Waals surface area (Å²) < 4.78 is 5.68. The van der Waals surface area contributed by atoms with Crippen LogP contribution < -0.4 is 0 Å². The third kappa shape index (κ3) is 3.30. The maximum atomic E-state index is 12.9. The second-order valence-electron chi connectivity index (χ2n) is 6.11. The van der Waals surface area contributed by atoms with Crippen molar-refractivity contribution < 1.29 is 14.6 Å². The van der Waals surface area contributed by atoms with E-state index in [1.165, 1.54) is 6.42 Å². The van der Waals surface area contributed by atoms with E-state index in [2.05, 4.69) is 0 Å². The van der Waals surface area contributed by atoms with Crippen LogP contribution in [0.15, 0.2) is 60.7 Å². The van der Waals surface area contributed by atoms with Crippen molar-refractivity contribution in [1.29, 1.82) is 0 Å². The first-order valence-corrected chi connectivity index (χ1v) is 8.26. The lowest BCUT2D eigenvalue weighted by Crippen LogP contribution is -2.40. The van der Waals surface area contributed by atoms with E-state index >= 15 is 0 Å². The fraction of sp³-hybridized carbons (Fsp3) is 0.350. The molecular weight excluding hydrogens is 288 g/mol. The van der Waals surface area contributed by atoms with E-state index in [0.29, 0.717) is 11.1 Å². The highest BCUT2D eigenvalue weighted by Gasteiger charge is 2.42. The van der Waals surface area contributed by atoms with Crippen molar-refractivity contribution in [3.8, 4) is 0 Å². The van der Waals surface area contributed by atoms with Crippen LogP contribution in [0, 0.1) is 0 Å². The number of hydrogen-bond donors (Lipinski definition) is 1. The zero-order chi connectivity index (χ0) is 16.1. The molecule has 1 fully saturated rings. The second kappa shape index (κ2) is 6.97. The van der Waals surface area contributed by atoms with Crippen LogP contribution in [0.4, 0.5) is 0 Å². The quantitative estimate of drug-likeness (QED) is 0.874. The number of ether oxygens (including phenoxy) is 1. The molecule has 0 aliphatic heterocycles. The van der Waals surface area contributed by atoms with Gasteiger partial charge < -0.3 is 9.84 Å². The Morgan fingerprint density at radius 2 is 1.35 bits per heavy atom. The Kier molecular flexibility index (Phi) is 4.77. The summed E-state index contributed by atoms with van der Waals surface area (Å²) in [4.78, 5) is 12.9. The van der Waals surface area contributed by atoms with Crippen LogP contribution in [-0.2, 0) is 15.1 Å². The minimum atomic E-state index is -1.76. The molecule has 120 valence electrons. The Morgan fingerprint density at radius 3 is 1.83 bits per heavy atom. The van der Waals surface area contributed by atoms with E-state index in [-0.39, 0.29) is 6.10 Å². The standard InChI is InChI=1S/C20H22O3/c21-19(23-18-14-8-3-9-15-18)20(22,16-10-4-1-5-11-16)17-12-6-2-7-13-17/h1-2,4-7,10-13,18,22H,3,8-9,14-15H2. The van der Waals surface area contributed by atoms with Crippen molar-refractivity contribution in [2.45, 2.75) is 43.8 Å². The van der Waals surface area contributed by atoms with Gasteiger partial charge in [0.05, 0.1) is 0 Å². The summed E-state index contributed by atoms with van der Waals surface area (Å²) in [6.07, 6.45) is 5.02. The van der Waals surface area contributed by atoms with Crippen molar-refractivity contribution in [2.24, 2.45) is 0 Å². The van der Waals surface area contributed by atoms with Crippen molar-refractivity contribution in [3.05, 3.63) is 71.8 Å². The molecule has 2 aromatic rings. The first-order chi connectivity index (χ1) is 11.2. The van der Waals surface area contributed by atoms with E-state index in [1.807, 2.05) is 36.4 Å². The van der Waals surface area contributed by atoms with Gasteiger partial charge >= 0.3 is 5.97 Å². The van der Waals surface area contributed by atoms with Gasteiger partial charge in [-0.05, 0) is 36.8 Å². The second-order valence-corrected chi connectivity index (χ2v) is 6.11. The van der Waals surface area contributed by atoms with E-state index in [1.54, 1.807) is 24.3 Å². The maximum absolute atomic E-state index is 12.9. The van der Waals surface area contributed by atoms with Crippen LogP contribution in [0.1, 0.15) is 43.2 Å². The van der Waals surface area contributed by atoms with Crippen LogP contribution >= 0.6 is 0 Å². The number of hydrogen-bond acceptors (Lipinski definition) is 3. The lowest BCUT2D eigenvalue weighted by molar-refractivity contribution is -0.169. The molecule has 3 heteroatoms. The van der Waals surface area contributed by atoms with Gasteiger partial charge in [-0.25, -0.2) is 4.79 Å². The molecule has 1 aliphatic carbocycles. The smallest absolute Gasteiger partial charge is 0.347 e. The monoisotopic (exact) mass is 310 g/mol. The summed E-state index contributed by atoms with van der Waals surface area (Å²) in [5.74, 6) is -0.582. The van der Waals surface area contributed by atoms with Gasteiger partial charge in [-0.2, -0.15) is 0 Å². The fourth-order valence-corrected chi connectivity index (χ4v) is 3.18. The molecule has 0 saturated heterocycles. The van der Waals surface area contributed by atoms with Crippen molar-refractivity contribution in [1.82, 2.24) is 0 Å². The average molecular weight is 310 g/mol. The fourth-order valence-electron chi connectivity index (χ4n) is 3.18. The summed E-state index contributed by atoms with van der Waals surface area (Å²) in [6, 6.07) is 18.0. The number of rotatable bonds is 4. The van der Waals surface area contributed by atoms with E-state index < -0.39 is 11.6 Å². The predicted octanol–water partition coefficient (Wildman–Crippen LogP) is 3.80. The lowest BCUT2D eigenvalue weighted by Gasteiger charge is -2.30. The Labute approximate surface area is 136 Å². The number of benzene rings is 2. The zero-order valence-electron chi connectivity index (χ0n) is 13.2. The minimum Gasteiger partial charge on any atom is -0.460 e. The SMILES string of the molecule is O=C(OC1CCCCC1)C(O)(c1ccccc1)c1ccccc1. The van der Waals surface area contributed by atoms with Gasteiger partial charge in [0.2, 0.25) is 5.60 Å². The molecule has 0 spiro atoms. The molecule has 3 rings (SSSR count). The lowest BCUT2D eigenvalue weighted by atomic mass is 9.86. The van der Waals surface area contributed by atoms with Gasteiger partial charge in [-0.15, -0.1) is 0 Å². The molecular formula is C20H22O3. The average Bonchev–Trinajstić information content (AvgIpc) is 2.63. The minimum absolute atomic E-state index is 0.0878. The first-order valence-electron chi connectivity index (χ1n) is 8.26. The molecule has 0 amide bonds. The normalized spacial score (nSPS) is 16.0. The van der Waals surface area contributed by atoms with Gasteiger partial charge in [0, 0.05) is 0 Å². The van der Waals surface area contributed by atoms with E-state index in [9.17, 15) is 9.90 Å². The van der Waals surface area contributed by atoms with Gasteiger partial charge in [0.25, 0.3) is 0 Å². The largest absolute Gasteiger partial charge is 0.460 e. The highest BCUT2D eigenvalue weighted by molar-refractivity contribution is 5.85. The van der Waals surface area contributed by atoms with E-state index in [0.717, 1.165) is 25.7 Å². The van der Waals surface area contributed by atoms with Crippen LogP contribution in [0.2, 0.25) is 0 Å². The Bertz CT molecular complexity index is 591. The zero-order valence-corrected chi connectivity index (χ0v) is 13.2. The summed E-state index contributed by atoms with van der Waals surface area (Å²) in [5, 5.41) is 11.3. The maximum Gasteiger partial charge on any atom is 0.347 e. The van der Waals surface area contributed by atoms with Crippen LogP contribution in [0.5, 0.6) is 0 Å². The van der Waals surface area contributed by atoms with Gasteiger partial charge in [0.15, 0.2) is 0 Å². The van der Waals surface area contributed by atoms with Crippen molar-refractivity contribution >= 4 is 5.97 Å². The Morgan fingerprint density at radius 1 is 0.870 bits per heavy atom. The molecule has 0 bridgehead atoms. The number of carbonyl (C=O) groups excluding carboxylic acids is 1. The van der Waals surface area contributed by atoms with Crippen molar-refractivity contribution in [2.75, 3.05) is 0 Å². The Balaban J connectivity index is 1.93. The van der Waals surface area contributed by atoms with Gasteiger partial charge in [-0.1, -0.05) is 67.1 Å². The molecule has 23 heavy (non-hydrogen) atoms. The molecule has 1 saturated carbocycles. The number of aliphatic hydroxyl groups is 1. The topological polar surface area (TPSA) is 46.5 Å². The van der Waals surface area contributed by atoms with Gasteiger partial charge in [0.1, 0.15) is 6.10 Å². The third-order valence-corrected chi connectivity index (χ3v) is 4.50. The molecule has 0 atom stereocenters. The highest BCUT2D eigenvalue weighted by Crippen LogP contribution is 2.32. The van der Waals surface area contributed by atoms with Crippen molar-refractivity contribution in [3.63, 3.8) is 0 Å². The van der Waals surface area contributed by atoms with E-state index in [4.69, 9.17) is 4.74 Å². The van der Waals surface area contributed by atoms with Crippen LogP contribution in [0.25, 0.3) is 0 Å². The molecule has 3 nitrogen and oxygen atoms in total. The summed E-state index contributed by atoms with van der Waals surface area (Å²) in [6.45, 7) is 0. The first kappa shape index (κ1) is 15.8. The summed E-state index contributed by atoms with van der Waals surface area (Å²) in [5.41, 5.74) is -0.695. The van der Waals surface area contributed by atoms with Gasteiger partial charge in [-0.3, -0.25) is 0 Å². The molecule has 0 heterocycles. The molecule has 0 radical (unpaired) electrons. The summed E-state index contributed by atoms with van der Waals surface area (Å²) >= 11 is 0. The summed E-state index contributed by atoms with van der Waals surface area (Å²) in [7, 11) is 0. The predicted molar refractivity (Wildman–Crippen MR) is 88.8 cm³/mol. The number of carbonyl (C=O) groups is 1. The highest BCUT2D eigenvalue weighted by atomic mass is 16.6. The molecule has 0 unspecified atom stereocenters.